The second kappa shape index (κ2) is 8.10. The molecule has 0 bridgehead atoms. The van der Waals surface area contributed by atoms with Crippen LogP contribution in [0.3, 0.4) is 0 Å². The summed E-state index contributed by atoms with van der Waals surface area (Å²) in [5.41, 5.74) is 1.58. The number of hydrogen-bond acceptors (Lipinski definition) is 3. The topological polar surface area (TPSA) is 67.4 Å². The summed E-state index contributed by atoms with van der Waals surface area (Å²) in [6.45, 7) is 3.75. The average Bonchev–Trinajstić information content (AvgIpc) is 2.54. The van der Waals surface area contributed by atoms with Crippen molar-refractivity contribution in [1.29, 1.82) is 0 Å². The van der Waals surface area contributed by atoms with Crippen molar-refractivity contribution in [2.75, 3.05) is 11.9 Å². The normalized spacial score (nSPS) is 10.1. The van der Waals surface area contributed by atoms with Crippen molar-refractivity contribution < 1.29 is 18.7 Å². The Hall–Kier alpha value is -2.89. The Labute approximate surface area is 139 Å². The summed E-state index contributed by atoms with van der Waals surface area (Å²) in [5, 5.41) is 5.33. The number of ether oxygens (including phenoxy) is 1. The van der Waals surface area contributed by atoms with Crippen molar-refractivity contribution >= 4 is 17.5 Å². The summed E-state index contributed by atoms with van der Waals surface area (Å²) in [6, 6.07) is 11.2. The van der Waals surface area contributed by atoms with Gasteiger partial charge in [-0.2, -0.15) is 0 Å². The van der Waals surface area contributed by atoms with E-state index in [1.165, 1.54) is 19.1 Å². The van der Waals surface area contributed by atoms with Gasteiger partial charge in [-0.25, -0.2) is 4.39 Å². The SMILES string of the molecule is CCOc1ccc(CNC(=O)c2cccc(NC(C)=O)c2)cc1F. The molecule has 0 spiro atoms. The number of benzene rings is 2. The Morgan fingerprint density at radius 3 is 2.62 bits per heavy atom. The van der Waals surface area contributed by atoms with Crippen LogP contribution in [0.1, 0.15) is 29.8 Å². The van der Waals surface area contributed by atoms with Gasteiger partial charge in [0.25, 0.3) is 5.91 Å². The van der Waals surface area contributed by atoms with Gasteiger partial charge in [0.1, 0.15) is 0 Å². The van der Waals surface area contributed by atoms with E-state index in [0.29, 0.717) is 23.4 Å². The first kappa shape index (κ1) is 17.5. The summed E-state index contributed by atoms with van der Waals surface area (Å²) in [4.78, 5) is 23.2. The maximum absolute atomic E-state index is 13.8. The van der Waals surface area contributed by atoms with E-state index in [9.17, 15) is 14.0 Å². The average molecular weight is 330 g/mol. The molecule has 0 heterocycles. The lowest BCUT2D eigenvalue weighted by atomic mass is 10.1. The lowest BCUT2D eigenvalue weighted by Gasteiger charge is -2.09. The van der Waals surface area contributed by atoms with Gasteiger partial charge < -0.3 is 15.4 Å². The van der Waals surface area contributed by atoms with Crippen LogP contribution in [0, 0.1) is 5.82 Å². The van der Waals surface area contributed by atoms with Crippen molar-refractivity contribution in [2.24, 2.45) is 0 Å². The smallest absolute Gasteiger partial charge is 0.251 e. The zero-order valence-corrected chi connectivity index (χ0v) is 13.6. The number of carbonyl (C=O) groups excluding carboxylic acids is 2. The maximum atomic E-state index is 13.8. The molecule has 126 valence electrons. The van der Waals surface area contributed by atoms with Crippen LogP contribution < -0.4 is 15.4 Å². The minimum absolute atomic E-state index is 0.187. The van der Waals surface area contributed by atoms with E-state index in [-0.39, 0.29) is 24.1 Å². The number of rotatable bonds is 6. The lowest BCUT2D eigenvalue weighted by Crippen LogP contribution is -2.23. The van der Waals surface area contributed by atoms with Crippen molar-refractivity contribution in [3.8, 4) is 5.75 Å². The summed E-state index contributed by atoms with van der Waals surface area (Å²) < 4.78 is 18.9. The molecule has 2 aromatic carbocycles. The van der Waals surface area contributed by atoms with E-state index in [1.54, 1.807) is 37.3 Å². The summed E-state index contributed by atoms with van der Waals surface area (Å²) in [5.74, 6) is -0.791. The van der Waals surface area contributed by atoms with Gasteiger partial charge in [-0.05, 0) is 42.8 Å². The molecule has 0 aliphatic carbocycles. The first-order valence-electron chi connectivity index (χ1n) is 7.56. The molecule has 0 unspecified atom stereocenters. The molecule has 2 amide bonds. The van der Waals surface area contributed by atoms with E-state index < -0.39 is 5.82 Å². The Morgan fingerprint density at radius 1 is 1.17 bits per heavy atom. The standard InChI is InChI=1S/C18H19FN2O3/c1-3-24-17-8-7-13(9-16(17)19)11-20-18(23)14-5-4-6-15(10-14)21-12(2)22/h4-10H,3,11H2,1-2H3,(H,20,23)(H,21,22). The third-order valence-corrected chi connectivity index (χ3v) is 3.19. The van der Waals surface area contributed by atoms with Gasteiger partial charge in [-0.3, -0.25) is 9.59 Å². The minimum Gasteiger partial charge on any atom is -0.491 e. The fourth-order valence-electron chi connectivity index (χ4n) is 2.15. The zero-order chi connectivity index (χ0) is 17.5. The van der Waals surface area contributed by atoms with Gasteiger partial charge in [0.15, 0.2) is 11.6 Å². The van der Waals surface area contributed by atoms with Crippen molar-refractivity contribution in [1.82, 2.24) is 5.32 Å². The number of halogens is 1. The molecule has 5 nitrogen and oxygen atoms in total. The Balaban J connectivity index is 2.00. The molecule has 0 aliphatic rings. The molecule has 24 heavy (non-hydrogen) atoms. The summed E-state index contributed by atoms with van der Waals surface area (Å²) in [7, 11) is 0. The van der Waals surface area contributed by atoms with E-state index in [0.717, 1.165) is 0 Å². The molecule has 2 N–H and O–H groups in total. The van der Waals surface area contributed by atoms with Crippen LogP contribution >= 0.6 is 0 Å². The molecule has 0 saturated carbocycles. The van der Waals surface area contributed by atoms with Crippen LogP contribution in [-0.4, -0.2) is 18.4 Å². The summed E-state index contributed by atoms with van der Waals surface area (Å²) >= 11 is 0. The predicted octanol–water partition coefficient (Wildman–Crippen LogP) is 3.11. The van der Waals surface area contributed by atoms with Gasteiger partial charge in [0.2, 0.25) is 5.91 Å². The minimum atomic E-state index is -0.462. The first-order chi connectivity index (χ1) is 11.5. The highest BCUT2D eigenvalue weighted by Crippen LogP contribution is 2.18. The highest BCUT2D eigenvalue weighted by Gasteiger charge is 2.08. The monoisotopic (exact) mass is 330 g/mol. The molecule has 2 rings (SSSR count). The molecular formula is C18H19FN2O3. The number of nitrogens with one attached hydrogen (secondary N) is 2. The zero-order valence-electron chi connectivity index (χ0n) is 13.6. The summed E-state index contributed by atoms with van der Waals surface area (Å²) in [6.07, 6.45) is 0. The van der Waals surface area contributed by atoms with E-state index in [1.807, 2.05) is 0 Å². The molecule has 0 saturated heterocycles. The highest BCUT2D eigenvalue weighted by atomic mass is 19.1. The Morgan fingerprint density at radius 2 is 1.96 bits per heavy atom. The van der Waals surface area contributed by atoms with Crippen molar-refractivity contribution in [3.63, 3.8) is 0 Å². The molecule has 0 atom stereocenters. The number of carbonyl (C=O) groups is 2. The van der Waals surface area contributed by atoms with Gasteiger partial charge in [0, 0.05) is 24.7 Å². The van der Waals surface area contributed by atoms with E-state index in [2.05, 4.69) is 10.6 Å². The van der Waals surface area contributed by atoms with Crippen LogP contribution in [0.25, 0.3) is 0 Å². The van der Waals surface area contributed by atoms with Gasteiger partial charge in [-0.1, -0.05) is 12.1 Å². The number of hydrogen-bond donors (Lipinski definition) is 2. The van der Waals surface area contributed by atoms with Crippen LogP contribution in [0.2, 0.25) is 0 Å². The second-order valence-electron chi connectivity index (χ2n) is 5.14. The highest BCUT2D eigenvalue weighted by molar-refractivity contribution is 5.96. The van der Waals surface area contributed by atoms with Gasteiger partial charge >= 0.3 is 0 Å². The molecule has 2 aromatic rings. The maximum Gasteiger partial charge on any atom is 0.251 e. The molecule has 0 aromatic heterocycles. The molecule has 0 aliphatic heterocycles. The van der Waals surface area contributed by atoms with Crippen LogP contribution in [0.5, 0.6) is 5.75 Å². The van der Waals surface area contributed by atoms with Crippen molar-refractivity contribution in [2.45, 2.75) is 20.4 Å². The molecule has 0 fully saturated rings. The fourth-order valence-corrected chi connectivity index (χ4v) is 2.15. The van der Waals surface area contributed by atoms with Crippen LogP contribution in [0.4, 0.5) is 10.1 Å². The molecule has 0 radical (unpaired) electrons. The molecule has 6 heteroatoms. The third-order valence-electron chi connectivity index (χ3n) is 3.19. The van der Waals surface area contributed by atoms with Crippen LogP contribution in [-0.2, 0) is 11.3 Å². The number of anilines is 1. The predicted molar refractivity (Wildman–Crippen MR) is 89.5 cm³/mol. The van der Waals surface area contributed by atoms with E-state index in [4.69, 9.17) is 4.74 Å². The van der Waals surface area contributed by atoms with Gasteiger partial charge in [0.05, 0.1) is 6.61 Å². The van der Waals surface area contributed by atoms with Crippen LogP contribution in [0.15, 0.2) is 42.5 Å². The van der Waals surface area contributed by atoms with Crippen molar-refractivity contribution in [3.05, 3.63) is 59.4 Å². The Kier molecular flexibility index (Phi) is 5.89. The fraction of sp³-hybridized carbons (Fsp3) is 0.222. The number of amides is 2. The second-order valence-corrected chi connectivity index (χ2v) is 5.14. The first-order valence-corrected chi connectivity index (χ1v) is 7.56. The van der Waals surface area contributed by atoms with E-state index >= 15 is 0 Å². The quantitative estimate of drug-likeness (QED) is 0.855. The molecular weight excluding hydrogens is 311 g/mol. The van der Waals surface area contributed by atoms with Gasteiger partial charge in [-0.15, -0.1) is 0 Å². The largest absolute Gasteiger partial charge is 0.491 e. The lowest BCUT2D eigenvalue weighted by molar-refractivity contribution is -0.114. The Bertz CT molecular complexity index is 747. The third kappa shape index (κ3) is 4.81.